The van der Waals surface area contributed by atoms with E-state index >= 15 is 0 Å². The van der Waals surface area contributed by atoms with Crippen LogP contribution in [0.1, 0.15) is 30.0 Å². The summed E-state index contributed by atoms with van der Waals surface area (Å²) in [5, 5.41) is 8.97. The number of nitrogens with zero attached hydrogens (tertiary/aromatic N) is 3. The number of rotatable bonds is 4. The van der Waals surface area contributed by atoms with Crippen molar-refractivity contribution in [1.82, 2.24) is 4.90 Å². The van der Waals surface area contributed by atoms with Crippen LogP contribution in [0.2, 0.25) is 0 Å². The second kappa shape index (κ2) is 7.93. The van der Waals surface area contributed by atoms with Crippen LogP contribution in [-0.4, -0.2) is 29.9 Å². The fraction of sp³-hybridized carbons (Fsp3) is 0.333. The van der Waals surface area contributed by atoms with Crippen LogP contribution >= 0.6 is 0 Å². The molecule has 1 unspecified atom stereocenters. The van der Waals surface area contributed by atoms with Crippen molar-refractivity contribution in [3.63, 3.8) is 0 Å². The van der Waals surface area contributed by atoms with Gasteiger partial charge in [0.15, 0.2) is 0 Å². The molecule has 1 fully saturated rings. The molecule has 146 valence electrons. The summed E-state index contributed by atoms with van der Waals surface area (Å²) in [5.41, 5.74) is -0.0670. The Morgan fingerprint density at radius 1 is 1.14 bits per heavy atom. The van der Waals surface area contributed by atoms with E-state index < -0.39 is 23.3 Å². The van der Waals surface area contributed by atoms with E-state index in [9.17, 15) is 18.0 Å². The third-order valence-electron chi connectivity index (χ3n) is 4.95. The average molecular weight is 387 g/mol. The molecule has 0 N–H and O–H groups in total. The molecule has 1 aliphatic heterocycles. The fourth-order valence-electron chi connectivity index (χ4n) is 3.55. The first kappa shape index (κ1) is 19.7. The number of halogens is 3. The summed E-state index contributed by atoms with van der Waals surface area (Å²) in [4.78, 5) is 16.4. The van der Waals surface area contributed by atoms with Gasteiger partial charge < -0.3 is 9.80 Å². The van der Waals surface area contributed by atoms with E-state index in [2.05, 4.69) is 0 Å². The van der Waals surface area contributed by atoms with Gasteiger partial charge in [-0.3, -0.25) is 4.79 Å². The highest BCUT2D eigenvalue weighted by molar-refractivity contribution is 5.86. The maximum absolute atomic E-state index is 13.3. The Morgan fingerprint density at radius 2 is 1.86 bits per heavy atom. The second-order valence-corrected chi connectivity index (χ2v) is 6.70. The number of hydrogen-bond acceptors (Lipinski definition) is 3. The number of amides is 1. The lowest BCUT2D eigenvalue weighted by molar-refractivity contribution is -0.137. The molecule has 2 aromatic carbocycles. The molecule has 1 saturated heterocycles. The van der Waals surface area contributed by atoms with Crippen molar-refractivity contribution in [2.45, 2.75) is 32.1 Å². The zero-order valence-corrected chi connectivity index (χ0v) is 15.4. The van der Waals surface area contributed by atoms with Gasteiger partial charge in [-0.2, -0.15) is 18.4 Å². The van der Waals surface area contributed by atoms with Crippen molar-refractivity contribution in [3.05, 3.63) is 65.2 Å². The molecule has 3 rings (SSSR count). The predicted molar refractivity (Wildman–Crippen MR) is 99.4 cm³/mol. The minimum atomic E-state index is -4.62. The van der Waals surface area contributed by atoms with Gasteiger partial charge in [0.1, 0.15) is 6.04 Å². The van der Waals surface area contributed by atoms with Crippen LogP contribution in [0.15, 0.2) is 48.5 Å². The summed E-state index contributed by atoms with van der Waals surface area (Å²) in [5.74, 6) is -0.101. The van der Waals surface area contributed by atoms with E-state index in [1.54, 1.807) is 15.9 Å². The van der Waals surface area contributed by atoms with Crippen LogP contribution in [0.5, 0.6) is 0 Å². The summed E-state index contributed by atoms with van der Waals surface area (Å²) in [7, 11) is 0. The average Bonchev–Trinajstić information content (AvgIpc) is 2.69. The number of piperazine rings is 1. The molecule has 1 heterocycles. The molecule has 0 saturated carbocycles. The Kier molecular flexibility index (Phi) is 5.59. The van der Waals surface area contributed by atoms with E-state index in [1.807, 2.05) is 37.3 Å². The van der Waals surface area contributed by atoms with Crippen LogP contribution in [0.25, 0.3) is 0 Å². The first-order valence-electron chi connectivity index (χ1n) is 9.06. The molecule has 0 aliphatic carbocycles. The first-order chi connectivity index (χ1) is 13.3. The minimum absolute atomic E-state index is 0.101. The first-order valence-corrected chi connectivity index (χ1v) is 9.06. The number of hydrogen-bond donors (Lipinski definition) is 0. The van der Waals surface area contributed by atoms with Gasteiger partial charge in [0.05, 0.1) is 17.2 Å². The zero-order chi connectivity index (χ0) is 20.3. The van der Waals surface area contributed by atoms with E-state index in [1.165, 1.54) is 12.1 Å². The molecule has 0 bridgehead atoms. The molecule has 0 radical (unpaired) electrons. The molecule has 0 aromatic heterocycles. The van der Waals surface area contributed by atoms with Crippen molar-refractivity contribution >= 4 is 11.6 Å². The van der Waals surface area contributed by atoms with E-state index in [0.29, 0.717) is 31.7 Å². The number of carbonyl (C=O) groups is 1. The van der Waals surface area contributed by atoms with E-state index in [-0.39, 0.29) is 5.91 Å². The maximum Gasteiger partial charge on any atom is 0.417 e. The molecular formula is C21H20F3N3O. The maximum atomic E-state index is 13.3. The molecule has 4 nitrogen and oxygen atoms in total. The largest absolute Gasteiger partial charge is 0.417 e. The van der Waals surface area contributed by atoms with Crippen molar-refractivity contribution in [2.24, 2.45) is 0 Å². The van der Waals surface area contributed by atoms with Gasteiger partial charge in [-0.25, -0.2) is 0 Å². The Balaban J connectivity index is 1.86. The summed E-state index contributed by atoms with van der Waals surface area (Å²) < 4.78 is 39.9. The van der Waals surface area contributed by atoms with Crippen LogP contribution in [0.3, 0.4) is 0 Å². The Bertz CT molecular complexity index is 890. The summed E-state index contributed by atoms with van der Waals surface area (Å²) in [6, 6.07) is 14.3. The lowest BCUT2D eigenvalue weighted by Crippen LogP contribution is -2.56. The van der Waals surface area contributed by atoms with Gasteiger partial charge in [0.25, 0.3) is 0 Å². The van der Waals surface area contributed by atoms with Gasteiger partial charge in [-0.15, -0.1) is 0 Å². The lowest BCUT2D eigenvalue weighted by atomic mass is 10.0. The van der Waals surface area contributed by atoms with Gasteiger partial charge in [-0.05, 0) is 30.2 Å². The van der Waals surface area contributed by atoms with Crippen LogP contribution in [0.4, 0.5) is 18.9 Å². The SMILES string of the molecule is CCC1C(=O)N(Cc2ccccc2)CCN1c1ccc(C#N)c(C(F)(F)F)c1. The van der Waals surface area contributed by atoms with Gasteiger partial charge >= 0.3 is 6.18 Å². The molecule has 7 heteroatoms. The Hall–Kier alpha value is -3.01. The zero-order valence-electron chi connectivity index (χ0n) is 15.4. The summed E-state index contributed by atoms with van der Waals surface area (Å²) in [6.07, 6.45) is -4.15. The molecule has 0 spiro atoms. The molecule has 2 aromatic rings. The van der Waals surface area contributed by atoms with E-state index in [0.717, 1.165) is 11.6 Å². The van der Waals surface area contributed by atoms with Crippen molar-refractivity contribution in [3.8, 4) is 6.07 Å². The smallest absolute Gasteiger partial charge is 0.358 e. The number of benzene rings is 2. The Morgan fingerprint density at radius 3 is 2.46 bits per heavy atom. The standard InChI is InChI=1S/C21H20F3N3O/c1-2-19-20(28)26(14-15-6-4-3-5-7-15)10-11-27(19)17-9-8-16(13-25)18(12-17)21(22,23)24/h3-9,12,19H,2,10-11,14H2,1H3. The Labute approximate surface area is 161 Å². The molecule has 1 aliphatic rings. The number of nitriles is 1. The predicted octanol–water partition coefficient (Wildman–Crippen LogP) is 4.20. The van der Waals surface area contributed by atoms with Gasteiger partial charge in [0.2, 0.25) is 5.91 Å². The number of alkyl halides is 3. The highest BCUT2D eigenvalue weighted by atomic mass is 19.4. The lowest BCUT2D eigenvalue weighted by Gasteiger charge is -2.42. The third-order valence-corrected chi connectivity index (χ3v) is 4.95. The van der Waals surface area contributed by atoms with Crippen molar-refractivity contribution < 1.29 is 18.0 Å². The summed E-state index contributed by atoms with van der Waals surface area (Å²) in [6.45, 7) is 3.17. The normalized spacial score (nSPS) is 17.5. The monoisotopic (exact) mass is 387 g/mol. The van der Waals surface area contributed by atoms with Crippen LogP contribution < -0.4 is 4.90 Å². The van der Waals surface area contributed by atoms with E-state index in [4.69, 9.17) is 5.26 Å². The molecule has 28 heavy (non-hydrogen) atoms. The summed E-state index contributed by atoms with van der Waals surface area (Å²) >= 11 is 0. The minimum Gasteiger partial charge on any atom is -0.358 e. The van der Waals surface area contributed by atoms with Gasteiger partial charge in [-0.1, -0.05) is 37.3 Å². The molecule has 1 amide bonds. The van der Waals surface area contributed by atoms with Crippen molar-refractivity contribution in [2.75, 3.05) is 18.0 Å². The highest BCUT2D eigenvalue weighted by Crippen LogP contribution is 2.35. The van der Waals surface area contributed by atoms with Crippen LogP contribution in [0, 0.1) is 11.3 Å². The van der Waals surface area contributed by atoms with Crippen molar-refractivity contribution in [1.29, 1.82) is 5.26 Å². The third kappa shape index (κ3) is 3.96. The topological polar surface area (TPSA) is 47.3 Å². The molecular weight excluding hydrogens is 367 g/mol. The highest BCUT2D eigenvalue weighted by Gasteiger charge is 2.37. The fourth-order valence-corrected chi connectivity index (χ4v) is 3.55. The quantitative estimate of drug-likeness (QED) is 0.790. The number of anilines is 1. The van der Waals surface area contributed by atoms with Crippen LogP contribution in [-0.2, 0) is 17.5 Å². The number of carbonyl (C=O) groups excluding carboxylic acids is 1. The molecule has 1 atom stereocenters. The second-order valence-electron chi connectivity index (χ2n) is 6.70. The van der Waals surface area contributed by atoms with Gasteiger partial charge in [0, 0.05) is 25.3 Å².